The van der Waals surface area contributed by atoms with Crippen LogP contribution in [0.5, 0.6) is 0 Å². The molecule has 0 N–H and O–H groups in total. The van der Waals surface area contributed by atoms with Gasteiger partial charge in [0.25, 0.3) is 0 Å². The zero-order chi connectivity index (χ0) is 16.2. The second-order valence-electron chi connectivity index (χ2n) is 6.09. The van der Waals surface area contributed by atoms with Crippen molar-refractivity contribution in [2.75, 3.05) is 11.4 Å². The third-order valence-electron chi connectivity index (χ3n) is 4.49. The Hall–Kier alpha value is -2.42. The maximum atomic E-state index is 12.5. The van der Waals surface area contributed by atoms with Crippen molar-refractivity contribution in [3.63, 3.8) is 0 Å². The average Bonchev–Trinajstić information content (AvgIpc) is 3.03. The van der Waals surface area contributed by atoms with Gasteiger partial charge in [0.2, 0.25) is 5.91 Å². The van der Waals surface area contributed by atoms with E-state index in [9.17, 15) is 9.59 Å². The van der Waals surface area contributed by atoms with Gasteiger partial charge in [0.15, 0.2) is 5.78 Å². The summed E-state index contributed by atoms with van der Waals surface area (Å²) in [5.41, 5.74) is 2.98. The predicted molar refractivity (Wildman–Crippen MR) is 91.7 cm³/mol. The number of rotatable bonds is 5. The van der Waals surface area contributed by atoms with E-state index in [0.717, 1.165) is 24.2 Å². The fourth-order valence-electron chi connectivity index (χ4n) is 3.09. The van der Waals surface area contributed by atoms with Gasteiger partial charge in [-0.05, 0) is 24.5 Å². The quantitative estimate of drug-likeness (QED) is 0.786. The van der Waals surface area contributed by atoms with Gasteiger partial charge in [-0.1, -0.05) is 55.5 Å². The number of hydrogen-bond acceptors (Lipinski definition) is 2. The number of nitrogens with zero attached hydrogens (tertiary/aromatic N) is 1. The molecule has 1 amide bonds. The molecule has 3 rings (SSSR count). The van der Waals surface area contributed by atoms with E-state index in [-0.39, 0.29) is 17.6 Å². The molecule has 3 heteroatoms. The van der Waals surface area contributed by atoms with Crippen molar-refractivity contribution < 1.29 is 9.59 Å². The van der Waals surface area contributed by atoms with Gasteiger partial charge in [0, 0.05) is 30.1 Å². The first-order chi connectivity index (χ1) is 11.2. The summed E-state index contributed by atoms with van der Waals surface area (Å²) in [6, 6.07) is 17.3. The lowest BCUT2D eigenvalue weighted by molar-refractivity contribution is -0.118. The second-order valence-corrected chi connectivity index (χ2v) is 6.09. The molecule has 0 bridgehead atoms. The molecule has 0 unspecified atom stereocenters. The molecule has 118 valence electrons. The third-order valence-corrected chi connectivity index (χ3v) is 4.49. The number of benzene rings is 2. The van der Waals surface area contributed by atoms with E-state index in [4.69, 9.17) is 0 Å². The molecule has 0 aliphatic carbocycles. The monoisotopic (exact) mass is 307 g/mol. The van der Waals surface area contributed by atoms with E-state index >= 15 is 0 Å². The number of carbonyl (C=O) groups excluding carboxylic acids is 2. The van der Waals surface area contributed by atoms with Gasteiger partial charge in [0.1, 0.15) is 0 Å². The maximum Gasteiger partial charge on any atom is 0.227 e. The van der Waals surface area contributed by atoms with Crippen molar-refractivity contribution in [3.8, 4) is 0 Å². The van der Waals surface area contributed by atoms with E-state index in [1.807, 2.05) is 60.4 Å². The third kappa shape index (κ3) is 3.34. The standard InChI is InChI=1S/C20H21NO2/c1-15(20(23)17-8-3-2-4-9-17)11-12-19(22)21-14-13-16-7-5-6-10-18(16)21/h2-10,15H,11-14H2,1H3/t15-/m0/s1. The number of carbonyl (C=O) groups is 2. The summed E-state index contributed by atoms with van der Waals surface area (Å²) in [4.78, 5) is 26.7. The van der Waals surface area contributed by atoms with Crippen molar-refractivity contribution in [2.45, 2.75) is 26.2 Å². The zero-order valence-electron chi connectivity index (χ0n) is 13.4. The van der Waals surface area contributed by atoms with E-state index in [1.165, 1.54) is 5.56 Å². The number of hydrogen-bond donors (Lipinski definition) is 0. The maximum absolute atomic E-state index is 12.5. The second kappa shape index (κ2) is 6.78. The fraction of sp³-hybridized carbons (Fsp3) is 0.300. The van der Waals surface area contributed by atoms with Gasteiger partial charge in [-0.25, -0.2) is 0 Å². The number of para-hydroxylation sites is 1. The lowest BCUT2D eigenvalue weighted by atomic mass is 9.95. The molecule has 3 nitrogen and oxygen atoms in total. The molecule has 0 spiro atoms. The topological polar surface area (TPSA) is 37.4 Å². The van der Waals surface area contributed by atoms with E-state index < -0.39 is 0 Å². The van der Waals surface area contributed by atoms with Crippen LogP contribution in [0, 0.1) is 5.92 Å². The highest BCUT2D eigenvalue weighted by molar-refractivity contribution is 5.99. The van der Waals surface area contributed by atoms with Gasteiger partial charge >= 0.3 is 0 Å². The van der Waals surface area contributed by atoms with E-state index in [2.05, 4.69) is 6.07 Å². The van der Waals surface area contributed by atoms with Crippen molar-refractivity contribution in [1.82, 2.24) is 0 Å². The highest BCUT2D eigenvalue weighted by atomic mass is 16.2. The summed E-state index contributed by atoms with van der Waals surface area (Å²) in [6.07, 6.45) is 1.92. The number of fused-ring (bicyclic) bond motifs is 1. The minimum Gasteiger partial charge on any atom is -0.312 e. The SMILES string of the molecule is C[C@@H](CCC(=O)N1CCc2ccccc21)C(=O)c1ccccc1. The number of ketones is 1. The Morgan fingerprint density at radius 2 is 1.74 bits per heavy atom. The van der Waals surface area contributed by atoms with Crippen molar-refractivity contribution in [2.24, 2.45) is 5.92 Å². The normalized spacial score (nSPS) is 14.4. The van der Waals surface area contributed by atoms with Crippen LogP contribution in [0.15, 0.2) is 54.6 Å². The molecule has 1 heterocycles. The Balaban J connectivity index is 1.58. The van der Waals surface area contributed by atoms with Crippen LogP contribution >= 0.6 is 0 Å². The smallest absolute Gasteiger partial charge is 0.227 e. The average molecular weight is 307 g/mol. The molecular weight excluding hydrogens is 286 g/mol. The van der Waals surface area contributed by atoms with Gasteiger partial charge in [-0.2, -0.15) is 0 Å². The Bertz CT molecular complexity index is 709. The first-order valence-corrected chi connectivity index (χ1v) is 8.14. The first-order valence-electron chi connectivity index (χ1n) is 8.14. The van der Waals surface area contributed by atoms with Crippen LogP contribution < -0.4 is 4.90 Å². The van der Waals surface area contributed by atoms with E-state index in [0.29, 0.717) is 12.8 Å². The van der Waals surface area contributed by atoms with Crippen molar-refractivity contribution in [3.05, 3.63) is 65.7 Å². The molecule has 0 radical (unpaired) electrons. The van der Waals surface area contributed by atoms with Crippen LogP contribution in [0.1, 0.15) is 35.7 Å². The molecule has 1 aliphatic rings. The molecular formula is C20H21NO2. The molecule has 0 saturated carbocycles. The summed E-state index contributed by atoms with van der Waals surface area (Å²) in [5.74, 6) is 0.0853. The molecule has 1 aliphatic heterocycles. The molecule has 2 aromatic rings. The molecule has 0 fully saturated rings. The Kier molecular flexibility index (Phi) is 4.56. The Morgan fingerprint density at radius 3 is 2.52 bits per heavy atom. The summed E-state index contributed by atoms with van der Waals surface area (Å²) in [7, 11) is 0. The highest BCUT2D eigenvalue weighted by Crippen LogP contribution is 2.28. The zero-order valence-corrected chi connectivity index (χ0v) is 13.4. The van der Waals surface area contributed by atoms with Crippen molar-refractivity contribution >= 4 is 17.4 Å². The molecule has 1 atom stereocenters. The van der Waals surface area contributed by atoms with Gasteiger partial charge < -0.3 is 4.90 Å². The predicted octanol–water partition coefficient (Wildman–Crippen LogP) is 3.87. The number of anilines is 1. The number of amides is 1. The summed E-state index contributed by atoms with van der Waals surface area (Å²) in [6.45, 7) is 2.65. The lowest BCUT2D eigenvalue weighted by Gasteiger charge is -2.18. The Labute approximate surface area is 136 Å². The Morgan fingerprint density at radius 1 is 1.04 bits per heavy atom. The number of Topliss-reactive ketones (excluding diaryl/α,β-unsaturated/α-hetero) is 1. The van der Waals surface area contributed by atoms with Crippen LogP contribution in [-0.4, -0.2) is 18.2 Å². The summed E-state index contributed by atoms with van der Waals surface area (Å²) < 4.78 is 0. The minimum atomic E-state index is -0.140. The molecule has 2 aromatic carbocycles. The van der Waals surface area contributed by atoms with Gasteiger partial charge in [-0.15, -0.1) is 0 Å². The van der Waals surface area contributed by atoms with Crippen LogP contribution in [0.3, 0.4) is 0 Å². The van der Waals surface area contributed by atoms with Crippen LogP contribution in [-0.2, 0) is 11.2 Å². The highest BCUT2D eigenvalue weighted by Gasteiger charge is 2.25. The lowest BCUT2D eigenvalue weighted by Crippen LogP contribution is -2.29. The van der Waals surface area contributed by atoms with E-state index in [1.54, 1.807) is 0 Å². The summed E-state index contributed by atoms with van der Waals surface area (Å²) in [5, 5.41) is 0. The summed E-state index contributed by atoms with van der Waals surface area (Å²) >= 11 is 0. The van der Waals surface area contributed by atoms with Gasteiger partial charge in [-0.3, -0.25) is 9.59 Å². The van der Waals surface area contributed by atoms with Crippen LogP contribution in [0.4, 0.5) is 5.69 Å². The minimum absolute atomic E-state index is 0.111. The largest absolute Gasteiger partial charge is 0.312 e. The van der Waals surface area contributed by atoms with Crippen LogP contribution in [0.25, 0.3) is 0 Å². The molecule has 0 saturated heterocycles. The van der Waals surface area contributed by atoms with Crippen LogP contribution in [0.2, 0.25) is 0 Å². The first kappa shape index (κ1) is 15.5. The fourth-order valence-corrected chi connectivity index (χ4v) is 3.09. The van der Waals surface area contributed by atoms with Gasteiger partial charge in [0.05, 0.1) is 0 Å². The molecule has 0 aromatic heterocycles. The van der Waals surface area contributed by atoms with Crippen molar-refractivity contribution in [1.29, 1.82) is 0 Å². The molecule has 23 heavy (non-hydrogen) atoms.